The van der Waals surface area contributed by atoms with Gasteiger partial charge in [-0.15, -0.1) is 0 Å². The Morgan fingerprint density at radius 3 is 2.62 bits per heavy atom. The number of carboxylic acids is 1. The van der Waals surface area contributed by atoms with E-state index in [0.29, 0.717) is 11.5 Å². The number of carbonyl (C=O) groups is 1. The van der Waals surface area contributed by atoms with Crippen molar-refractivity contribution in [3.8, 4) is 11.5 Å². The van der Waals surface area contributed by atoms with E-state index in [4.69, 9.17) is 14.6 Å². The number of carboxylic acid groups (broad SMARTS) is 1. The molecule has 0 saturated heterocycles. The van der Waals surface area contributed by atoms with Gasteiger partial charge in [-0.3, -0.25) is 4.79 Å². The Kier molecular flexibility index (Phi) is 4.94. The van der Waals surface area contributed by atoms with Crippen LogP contribution in [0.1, 0.15) is 0 Å². The molecule has 0 radical (unpaired) electrons. The van der Waals surface area contributed by atoms with Crippen molar-refractivity contribution in [2.75, 3.05) is 20.8 Å². The summed E-state index contributed by atoms with van der Waals surface area (Å²) in [6, 6.07) is 5.36. The fourth-order valence-electron chi connectivity index (χ4n) is 1.06. The molecule has 5 nitrogen and oxygen atoms in total. The molecule has 0 atom stereocenters. The monoisotopic (exact) mass is 243 g/mol. The van der Waals surface area contributed by atoms with E-state index >= 15 is 0 Å². The third kappa shape index (κ3) is 3.63. The Morgan fingerprint density at radius 1 is 1.38 bits per heavy atom. The zero-order valence-corrected chi connectivity index (χ0v) is 9.84. The molecule has 6 heteroatoms. The molecule has 0 aliphatic rings. The van der Waals surface area contributed by atoms with Crippen LogP contribution in [-0.4, -0.2) is 31.8 Å². The van der Waals surface area contributed by atoms with Crippen molar-refractivity contribution in [3.63, 3.8) is 0 Å². The number of methoxy groups -OCH3 is 2. The first-order chi connectivity index (χ1) is 7.67. The van der Waals surface area contributed by atoms with Crippen molar-refractivity contribution in [1.29, 1.82) is 0 Å². The van der Waals surface area contributed by atoms with E-state index in [1.54, 1.807) is 26.4 Å². The van der Waals surface area contributed by atoms with Crippen molar-refractivity contribution in [3.05, 3.63) is 18.2 Å². The van der Waals surface area contributed by atoms with Crippen molar-refractivity contribution in [2.24, 2.45) is 0 Å². The fraction of sp³-hybridized carbons (Fsp3) is 0.300. The summed E-state index contributed by atoms with van der Waals surface area (Å²) in [5.74, 6) is 0.364. The van der Waals surface area contributed by atoms with Crippen LogP contribution in [0.2, 0.25) is 0 Å². The number of aliphatic carboxylic acids is 1. The molecule has 0 aromatic heterocycles. The van der Waals surface area contributed by atoms with Gasteiger partial charge in [-0.25, -0.2) is 4.72 Å². The zero-order valence-electron chi connectivity index (χ0n) is 9.02. The lowest BCUT2D eigenvalue weighted by Gasteiger charge is -2.09. The highest BCUT2D eigenvalue weighted by Crippen LogP contribution is 2.30. The van der Waals surface area contributed by atoms with Gasteiger partial charge in [0.05, 0.1) is 14.2 Å². The third-order valence-electron chi connectivity index (χ3n) is 1.77. The average Bonchev–Trinajstić information content (AvgIpc) is 2.28. The van der Waals surface area contributed by atoms with E-state index in [2.05, 4.69) is 4.72 Å². The molecule has 2 N–H and O–H groups in total. The quantitative estimate of drug-likeness (QED) is 0.736. The second kappa shape index (κ2) is 6.24. The molecule has 0 aliphatic carbocycles. The number of hydrogen-bond acceptors (Lipinski definition) is 5. The molecule has 0 amide bonds. The fourth-order valence-corrected chi connectivity index (χ4v) is 1.73. The molecular weight excluding hydrogens is 230 g/mol. The van der Waals surface area contributed by atoms with Gasteiger partial charge >= 0.3 is 5.97 Å². The van der Waals surface area contributed by atoms with Crippen LogP contribution in [0.4, 0.5) is 0 Å². The molecule has 0 spiro atoms. The minimum Gasteiger partial charge on any atom is -0.493 e. The summed E-state index contributed by atoms with van der Waals surface area (Å²) >= 11 is 1.23. The van der Waals surface area contributed by atoms with Gasteiger partial charge < -0.3 is 14.6 Å². The molecule has 0 bridgehead atoms. The number of benzene rings is 1. The lowest BCUT2D eigenvalue weighted by molar-refractivity contribution is -0.135. The van der Waals surface area contributed by atoms with Crippen LogP contribution in [0.25, 0.3) is 0 Å². The zero-order chi connectivity index (χ0) is 12.0. The lowest BCUT2D eigenvalue weighted by Crippen LogP contribution is -2.15. The number of hydrogen-bond donors (Lipinski definition) is 2. The standard InChI is InChI=1S/C10H13NO4S/c1-14-8-4-3-7(5-9(8)15-2)16-11-6-10(12)13/h3-5,11H,6H2,1-2H3,(H,12,13). The second-order valence-corrected chi connectivity index (χ2v) is 3.80. The van der Waals surface area contributed by atoms with Gasteiger partial charge in [0.1, 0.15) is 6.54 Å². The van der Waals surface area contributed by atoms with Gasteiger partial charge in [-0.05, 0) is 30.1 Å². The summed E-state index contributed by atoms with van der Waals surface area (Å²) < 4.78 is 12.9. The maximum Gasteiger partial charge on any atom is 0.318 e. The smallest absolute Gasteiger partial charge is 0.318 e. The first-order valence-electron chi connectivity index (χ1n) is 4.51. The van der Waals surface area contributed by atoms with Crippen LogP contribution < -0.4 is 14.2 Å². The second-order valence-electron chi connectivity index (χ2n) is 2.83. The van der Waals surface area contributed by atoms with Gasteiger partial charge in [0, 0.05) is 4.90 Å². The van der Waals surface area contributed by atoms with E-state index in [0.717, 1.165) is 4.90 Å². The molecule has 1 aromatic rings. The summed E-state index contributed by atoms with van der Waals surface area (Å²) in [6.45, 7) is -0.0982. The highest BCUT2D eigenvalue weighted by molar-refractivity contribution is 7.97. The molecule has 1 aromatic carbocycles. The first kappa shape index (κ1) is 12.7. The summed E-state index contributed by atoms with van der Waals surface area (Å²) in [4.78, 5) is 11.2. The number of rotatable bonds is 6. The SMILES string of the molecule is COc1ccc(SNCC(=O)O)cc1OC. The summed E-state index contributed by atoms with van der Waals surface area (Å²) in [7, 11) is 3.12. The Morgan fingerprint density at radius 2 is 2.06 bits per heavy atom. The highest BCUT2D eigenvalue weighted by Gasteiger charge is 2.05. The van der Waals surface area contributed by atoms with Gasteiger partial charge in [0.2, 0.25) is 0 Å². The maximum absolute atomic E-state index is 10.3. The highest BCUT2D eigenvalue weighted by atomic mass is 32.2. The van der Waals surface area contributed by atoms with E-state index < -0.39 is 5.97 Å². The van der Waals surface area contributed by atoms with Gasteiger partial charge in [0.15, 0.2) is 11.5 Å². The Labute approximate surface area is 97.9 Å². The summed E-state index contributed by atoms with van der Waals surface area (Å²) in [5.41, 5.74) is 0. The molecule has 0 fully saturated rings. The summed E-state index contributed by atoms with van der Waals surface area (Å²) in [5, 5.41) is 8.45. The molecule has 0 saturated carbocycles. The van der Waals surface area contributed by atoms with E-state index in [1.165, 1.54) is 11.9 Å². The number of nitrogens with one attached hydrogen (secondary N) is 1. The average molecular weight is 243 g/mol. The van der Waals surface area contributed by atoms with E-state index in [1.807, 2.05) is 6.07 Å². The van der Waals surface area contributed by atoms with Crippen LogP contribution in [0, 0.1) is 0 Å². The van der Waals surface area contributed by atoms with Crippen LogP contribution in [-0.2, 0) is 4.79 Å². The topological polar surface area (TPSA) is 67.8 Å². The first-order valence-corrected chi connectivity index (χ1v) is 5.32. The van der Waals surface area contributed by atoms with E-state index in [-0.39, 0.29) is 6.54 Å². The van der Waals surface area contributed by atoms with Crippen LogP contribution in [0.15, 0.2) is 23.1 Å². The molecule has 0 aliphatic heterocycles. The van der Waals surface area contributed by atoms with Crippen molar-refractivity contribution in [2.45, 2.75) is 4.90 Å². The predicted octanol–water partition coefficient (Wildman–Crippen LogP) is 1.39. The normalized spacial score (nSPS) is 9.88. The molecule has 0 unspecified atom stereocenters. The molecule has 16 heavy (non-hydrogen) atoms. The summed E-state index contributed by atoms with van der Waals surface area (Å²) in [6.07, 6.45) is 0. The largest absolute Gasteiger partial charge is 0.493 e. The Balaban J connectivity index is 2.64. The van der Waals surface area contributed by atoms with Gasteiger partial charge in [0.25, 0.3) is 0 Å². The Hall–Kier alpha value is -1.40. The predicted molar refractivity (Wildman–Crippen MR) is 61.0 cm³/mol. The van der Waals surface area contributed by atoms with E-state index in [9.17, 15) is 4.79 Å². The van der Waals surface area contributed by atoms with Crippen molar-refractivity contribution < 1.29 is 19.4 Å². The van der Waals surface area contributed by atoms with Crippen molar-refractivity contribution >= 4 is 17.9 Å². The minimum atomic E-state index is -0.895. The molecule has 0 heterocycles. The maximum atomic E-state index is 10.3. The van der Waals surface area contributed by atoms with Gasteiger partial charge in [-0.1, -0.05) is 0 Å². The molecule has 88 valence electrons. The van der Waals surface area contributed by atoms with Crippen molar-refractivity contribution in [1.82, 2.24) is 4.72 Å². The van der Waals surface area contributed by atoms with Crippen LogP contribution in [0.5, 0.6) is 11.5 Å². The number of ether oxygens (including phenoxy) is 2. The Bertz CT molecular complexity index is 370. The van der Waals surface area contributed by atoms with Crippen LogP contribution in [0.3, 0.4) is 0 Å². The molecule has 1 rings (SSSR count). The van der Waals surface area contributed by atoms with Gasteiger partial charge in [-0.2, -0.15) is 0 Å². The third-order valence-corrected chi connectivity index (χ3v) is 2.55. The molecular formula is C10H13NO4S. The lowest BCUT2D eigenvalue weighted by atomic mass is 10.3. The van der Waals surface area contributed by atoms with Crippen LogP contribution >= 0.6 is 11.9 Å². The minimum absolute atomic E-state index is 0.0982.